The van der Waals surface area contributed by atoms with Crippen LogP contribution in [-0.2, 0) is 19.2 Å². The number of carbonyl (C=O) groups is 3. The first-order valence-electron chi connectivity index (χ1n) is 5.02. The molecule has 5 heteroatoms. The molecule has 5 nitrogen and oxygen atoms in total. The third-order valence-corrected chi connectivity index (χ3v) is 1.35. The zero-order valence-corrected chi connectivity index (χ0v) is 9.78. The molecule has 0 atom stereocenters. The van der Waals surface area contributed by atoms with Gasteiger partial charge in [-0.15, -0.1) is 0 Å². The van der Waals surface area contributed by atoms with Crippen LogP contribution in [0.25, 0.3) is 0 Å². The third kappa shape index (κ3) is 8.93. The molecule has 0 fully saturated rings. The average molecular weight is 217 g/mol. The van der Waals surface area contributed by atoms with Crippen LogP contribution in [0.4, 0.5) is 0 Å². The summed E-state index contributed by atoms with van der Waals surface area (Å²) in [4.78, 5) is 36.3. The fraction of sp³-hybridized carbons (Fsp3) is 0.700. The van der Waals surface area contributed by atoms with Gasteiger partial charge < -0.3 is 9.63 Å². The molecule has 0 unspecified atom stereocenters. The lowest BCUT2D eigenvalue weighted by molar-refractivity contribution is -0.192. The fourth-order valence-electron chi connectivity index (χ4n) is 0.608. The van der Waals surface area contributed by atoms with E-state index in [1.165, 1.54) is 7.05 Å². The second kappa shape index (κ2) is 10.7. The predicted molar refractivity (Wildman–Crippen MR) is 55.8 cm³/mol. The molecule has 0 aliphatic rings. The number of hydrogen-bond donors (Lipinski definition) is 0. The van der Waals surface area contributed by atoms with Crippen molar-refractivity contribution in [2.24, 2.45) is 0 Å². The van der Waals surface area contributed by atoms with E-state index in [-0.39, 0.29) is 25.2 Å². The van der Waals surface area contributed by atoms with E-state index < -0.39 is 5.97 Å². The van der Waals surface area contributed by atoms with Gasteiger partial charge in [-0.2, -0.15) is 5.06 Å². The molecule has 0 rings (SSSR count). The number of hydrogen-bond acceptors (Lipinski definition) is 4. The van der Waals surface area contributed by atoms with Crippen LogP contribution in [0.2, 0.25) is 0 Å². The zero-order chi connectivity index (χ0) is 12.3. The average Bonchev–Trinajstić information content (AvgIpc) is 2.28. The van der Waals surface area contributed by atoms with Gasteiger partial charge >= 0.3 is 5.97 Å². The van der Waals surface area contributed by atoms with Crippen molar-refractivity contribution in [2.45, 2.75) is 40.0 Å². The van der Waals surface area contributed by atoms with Crippen molar-refractivity contribution < 1.29 is 19.2 Å². The van der Waals surface area contributed by atoms with E-state index in [2.05, 4.69) is 4.84 Å². The molecule has 0 saturated heterocycles. The van der Waals surface area contributed by atoms with Crippen molar-refractivity contribution in [2.75, 3.05) is 7.05 Å². The van der Waals surface area contributed by atoms with E-state index in [0.29, 0.717) is 6.29 Å². The monoisotopic (exact) mass is 217 g/mol. The minimum atomic E-state index is -0.470. The minimum absolute atomic E-state index is 0.0665. The summed E-state index contributed by atoms with van der Waals surface area (Å²) < 4.78 is 0. The first-order valence-corrected chi connectivity index (χ1v) is 5.02. The molecule has 0 aliphatic carbocycles. The summed E-state index contributed by atoms with van der Waals surface area (Å²) in [5.74, 6) is -0.851. The Morgan fingerprint density at radius 2 is 1.87 bits per heavy atom. The third-order valence-electron chi connectivity index (χ3n) is 1.35. The quantitative estimate of drug-likeness (QED) is 0.526. The first kappa shape index (κ1) is 16.1. The van der Waals surface area contributed by atoms with E-state index in [9.17, 15) is 14.4 Å². The van der Waals surface area contributed by atoms with Crippen molar-refractivity contribution in [1.82, 2.24) is 5.06 Å². The Kier molecular flexibility index (Phi) is 11.4. The van der Waals surface area contributed by atoms with E-state index in [0.717, 1.165) is 5.06 Å². The Hall–Kier alpha value is -1.39. The van der Waals surface area contributed by atoms with Crippen LogP contribution < -0.4 is 0 Å². The zero-order valence-electron chi connectivity index (χ0n) is 9.78. The standard InChI is InChI=1S/C8H13NO4.C2H6/c1-3-8(12)13-9(2)7(11)5-4-6-10;1-2/h6H,3-5H2,1-2H3;1-2H3. The van der Waals surface area contributed by atoms with Crippen molar-refractivity contribution in [3.63, 3.8) is 0 Å². The summed E-state index contributed by atoms with van der Waals surface area (Å²) in [7, 11) is 1.35. The Morgan fingerprint density at radius 3 is 2.27 bits per heavy atom. The highest BCUT2D eigenvalue weighted by Gasteiger charge is 2.11. The molecule has 1 amide bonds. The van der Waals surface area contributed by atoms with Gasteiger partial charge in [0, 0.05) is 26.3 Å². The Bertz CT molecular complexity index is 204. The summed E-state index contributed by atoms with van der Waals surface area (Å²) in [6.07, 6.45) is 1.07. The predicted octanol–water partition coefficient (Wildman–Crippen LogP) is 1.32. The van der Waals surface area contributed by atoms with Gasteiger partial charge in [-0.25, -0.2) is 4.79 Å². The molecule has 0 aromatic carbocycles. The Morgan fingerprint density at radius 1 is 1.33 bits per heavy atom. The molecule has 0 radical (unpaired) electrons. The normalized spacial score (nSPS) is 8.27. The maximum absolute atomic E-state index is 11.0. The van der Waals surface area contributed by atoms with Crippen LogP contribution in [0.1, 0.15) is 40.0 Å². The lowest BCUT2D eigenvalue weighted by Gasteiger charge is -2.14. The molecule has 0 N–H and O–H groups in total. The molecular formula is C10H19NO4. The van der Waals surface area contributed by atoms with Gasteiger partial charge in [0.1, 0.15) is 6.29 Å². The Labute approximate surface area is 90.3 Å². The van der Waals surface area contributed by atoms with E-state index >= 15 is 0 Å². The topological polar surface area (TPSA) is 63.7 Å². The molecule has 0 bridgehead atoms. The summed E-state index contributed by atoms with van der Waals surface area (Å²) >= 11 is 0. The number of amides is 1. The summed E-state index contributed by atoms with van der Waals surface area (Å²) in [6.45, 7) is 5.63. The van der Waals surface area contributed by atoms with Gasteiger partial charge in [0.05, 0.1) is 0 Å². The minimum Gasteiger partial charge on any atom is -0.338 e. The smallest absolute Gasteiger partial charge is 0.332 e. The number of carbonyl (C=O) groups excluding carboxylic acids is 3. The van der Waals surface area contributed by atoms with Gasteiger partial charge in [0.2, 0.25) is 0 Å². The Balaban J connectivity index is 0. The number of nitrogens with zero attached hydrogens (tertiary/aromatic N) is 1. The van der Waals surface area contributed by atoms with Crippen molar-refractivity contribution in [3.05, 3.63) is 0 Å². The molecule has 0 spiro atoms. The maximum Gasteiger partial charge on any atom is 0.332 e. The molecule has 0 aliphatic heterocycles. The molecule has 15 heavy (non-hydrogen) atoms. The van der Waals surface area contributed by atoms with Crippen LogP contribution in [0.5, 0.6) is 0 Å². The fourth-order valence-corrected chi connectivity index (χ4v) is 0.608. The van der Waals surface area contributed by atoms with E-state index in [1.807, 2.05) is 13.8 Å². The lowest BCUT2D eigenvalue weighted by atomic mass is 10.3. The second-order valence-corrected chi connectivity index (χ2v) is 2.41. The SMILES string of the molecule is CC.CCC(=O)ON(C)C(=O)CCC=O. The largest absolute Gasteiger partial charge is 0.338 e. The first-order chi connectivity index (χ1) is 7.11. The van der Waals surface area contributed by atoms with E-state index in [4.69, 9.17) is 0 Å². The summed E-state index contributed by atoms with van der Waals surface area (Å²) in [6, 6.07) is 0. The molecule has 0 aromatic heterocycles. The summed E-state index contributed by atoms with van der Waals surface area (Å²) in [5, 5.41) is 0.856. The van der Waals surface area contributed by atoms with Crippen LogP contribution in [0.3, 0.4) is 0 Å². The van der Waals surface area contributed by atoms with Crippen LogP contribution in [-0.4, -0.2) is 30.3 Å². The molecule has 0 aromatic rings. The van der Waals surface area contributed by atoms with Gasteiger partial charge in [0.25, 0.3) is 5.91 Å². The summed E-state index contributed by atoms with van der Waals surface area (Å²) in [5.41, 5.74) is 0. The molecular weight excluding hydrogens is 198 g/mol. The van der Waals surface area contributed by atoms with Crippen molar-refractivity contribution in [1.29, 1.82) is 0 Å². The number of hydroxylamine groups is 2. The van der Waals surface area contributed by atoms with Crippen molar-refractivity contribution in [3.8, 4) is 0 Å². The lowest BCUT2D eigenvalue weighted by Crippen LogP contribution is -2.29. The highest BCUT2D eigenvalue weighted by Crippen LogP contribution is 1.96. The molecule has 88 valence electrons. The van der Waals surface area contributed by atoms with Gasteiger partial charge in [-0.05, 0) is 0 Å². The van der Waals surface area contributed by atoms with E-state index in [1.54, 1.807) is 6.92 Å². The van der Waals surface area contributed by atoms with Crippen molar-refractivity contribution >= 4 is 18.2 Å². The highest BCUT2D eigenvalue weighted by atomic mass is 16.7. The highest BCUT2D eigenvalue weighted by molar-refractivity contribution is 5.79. The van der Waals surface area contributed by atoms with Crippen LogP contribution in [0.15, 0.2) is 0 Å². The van der Waals surface area contributed by atoms with Gasteiger partial charge in [0.15, 0.2) is 0 Å². The maximum atomic E-state index is 11.0. The molecule has 0 saturated carbocycles. The van der Waals surface area contributed by atoms with Crippen LogP contribution in [0, 0.1) is 0 Å². The van der Waals surface area contributed by atoms with Crippen LogP contribution >= 0.6 is 0 Å². The second-order valence-electron chi connectivity index (χ2n) is 2.41. The number of aldehydes is 1. The molecule has 0 heterocycles. The number of rotatable bonds is 4. The van der Waals surface area contributed by atoms with Gasteiger partial charge in [-0.1, -0.05) is 20.8 Å². The van der Waals surface area contributed by atoms with Gasteiger partial charge in [-0.3, -0.25) is 4.79 Å².